The number of hydrogen-bond donors (Lipinski definition) is 2. The van der Waals surface area contributed by atoms with E-state index in [2.05, 4.69) is 25.3 Å². The molecule has 1 aromatic carbocycles. The Bertz CT molecular complexity index is 677. The second-order valence-corrected chi connectivity index (χ2v) is 6.57. The number of methoxy groups -OCH3 is 1. The predicted octanol–water partition coefficient (Wildman–Crippen LogP) is 2.22. The molecule has 1 heterocycles. The number of guanidine groups is 1. The van der Waals surface area contributed by atoms with Gasteiger partial charge in [0, 0.05) is 40.2 Å². The smallest absolute Gasteiger partial charge is 0.387 e. The van der Waals surface area contributed by atoms with E-state index in [4.69, 9.17) is 4.74 Å². The van der Waals surface area contributed by atoms with Crippen LogP contribution in [0.5, 0.6) is 11.5 Å². The molecule has 9 heteroatoms. The Morgan fingerprint density at radius 1 is 1.32 bits per heavy atom. The fourth-order valence-electron chi connectivity index (χ4n) is 3.25. The maximum absolute atomic E-state index is 12.6. The van der Waals surface area contributed by atoms with Gasteiger partial charge in [-0.25, -0.2) is 0 Å². The standard InChI is InChI=1S/C19H28F2N4O3/c1-22-17(26)11-13-6-8-25(9-7-13)19(23-2)24-12-14-4-5-15(27-3)16(10-14)28-18(20)21/h4-5,10,13,18H,6-9,11-12H2,1-3H3,(H,22,26)(H,23,24). The Labute approximate surface area is 164 Å². The Kier molecular flexibility index (Phi) is 8.28. The summed E-state index contributed by atoms with van der Waals surface area (Å²) in [6, 6.07) is 4.91. The lowest BCUT2D eigenvalue weighted by Crippen LogP contribution is -2.45. The largest absolute Gasteiger partial charge is 0.493 e. The van der Waals surface area contributed by atoms with E-state index >= 15 is 0 Å². The highest BCUT2D eigenvalue weighted by atomic mass is 19.3. The number of likely N-dealkylation sites (tertiary alicyclic amines) is 1. The van der Waals surface area contributed by atoms with Gasteiger partial charge in [-0.3, -0.25) is 9.79 Å². The van der Waals surface area contributed by atoms with E-state index in [1.165, 1.54) is 13.2 Å². The first-order chi connectivity index (χ1) is 13.5. The highest BCUT2D eigenvalue weighted by Crippen LogP contribution is 2.29. The van der Waals surface area contributed by atoms with Crippen LogP contribution in [0, 0.1) is 5.92 Å². The van der Waals surface area contributed by atoms with E-state index in [0.717, 1.165) is 37.5 Å². The molecule has 7 nitrogen and oxygen atoms in total. The van der Waals surface area contributed by atoms with Gasteiger partial charge in [-0.2, -0.15) is 8.78 Å². The lowest BCUT2D eigenvalue weighted by atomic mass is 9.93. The van der Waals surface area contributed by atoms with Gasteiger partial charge in [0.05, 0.1) is 7.11 Å². The lowest BCUT2D eigenvalue weighted by Gasteiger charge is -2.34. The molecular weight excluding hydrogens is 370 g/mol. The minimum Gasteiger partial charge on any atom is -0.493 e. The number of piperidine rings is 1. The lowest BCUT2D eigenvalue weighted by molar-refractivity contribution is -0.121. The fourth-order valence-corrected chi connectivity index (χ4v) is 3.25. The van der Waals surface area contributed by atoms with Gasteiger partial charge in [0.1, 0.15) is 0 Å². The van der Waals surface area contributed by atoms with Gasteiger partial charge < -0.3 is 25.0 Å². The number of carbonyl (C=O) groups is 1. The molecule has 1 fully saturated rings. The molecule has 0 unspecified atom stereocenters. The van der Waals surface area contributed by atoms with Gasteiger partial charge in [0.2, 0.25) is 5.91 Å². The molecule has 1 saturated heterocycles. The third kappa shape index (κ3) is 6.24. The Morgan fingerprint density at radius 3 is 2.61 bits per heavy atom. The number of amides is 1. The summed E-state index contributed by atoms with van der Waals surface area (Å²) in [5.74, 6) is 1.45. The third-order valence-corrected chi connectivity index (χ3v) is 4.77. The second-order valence-electron chi connectivity index (χ2n) is 6.57. The number of halogens is 2. The van der Waals surface area contributed by atoms with Crippen molar-refractivity contribution in [2.45, 2.75) is 32.4 Å². The van der Waals surface area contributed by atoms with Crippen molar-refractivity contribution in [3.63, 3.8) is 0 Å². The molecule has 156 valence electrons. The van der Waals surface area contributed by atoms with Gasteiger partial charge in [0.25, 0.3) is 0 Å². The highest BCUT2D eigenvalue weighted by Gasteiger charge is 2.23. The molecule has 1 amide bonds. The van der Waals surface area contributed by atoms with E-state index in [0.29, 0.717) is 18.9 Å². The molecule has 0 aliphatic carbocycles. The minimum atomic E-state index is -2.92. The number of aliphatic imine (C=N–C) groups is 1. The SMILES string of the molecule is CN=C(NCc1ccc(OC)c(OC(F)F)c1)N1CCC(CC(=O)NC)CC1. The zero-order valence-corrected chi connectivity index (χ0v) is 16.5. The second kappa shape index (κ2) is 10.7. The molecular formula is C19H28F2N4O3. The van der Waals surface area contributed by atoms with Crippen molar-refractivity contribution >= 4 is 11.9 Å². The molecule has 1 aliphatic rings. The molecule has 0 bridgehead atoms. The van der Waals surface area contributed by atoms with Crippen LogP contribution in [0.1, 0.15) is 24.8 Å². The molecule has 0 aromatic heterocycles. The van der Waals surface area contributed by atoms with Crippen molar-refractivity contribution < 1.29 is 23.0 Å². The molecule has 0 saturated carbocycles. The van der Waals surface area contributed by atoms with E-state index in [1.807, 2.05) is 0 Å². The Hall–Kier alpha value is -2.58. The summed E-state index contributed by atoms with van der Waals surface area (Å²) >= 11 is 0. The van der Waals surface area contributed by atoms with Crippen molar-refractivity contribution in [2.24, 2.45) is 10.9 Å². The molecule has 1 aliphatic heterocycles. The average Bonchev–Trinajstić information content (AvgIpc) is 2.69. The molecule has 0 radical (unpaired) electrons. The molecule has 0 atom stereocenters. The van der Waals surface area contributed by atoms with E-state index < -0.39 is 6.61 Å². The van der Waals surface area contributed by atoms with Crippen molar-refractivity contribution in [3.05, 3.63) is 23.8 Å². The van der Waals surface area contributed by atoms with Crippen LogP contribution >= 0.6 is 0 Å². The normalized spacial score (nSPS) is 15.5. The van der Waals surface area contributed by atoms with Crippen LogP contribution in [-0.2, 0) is 11.3 Å². The zero-order chi connectivity index (χ0) is 20.5. The molecule has 28 heavy (non-hydrogen) atoms. The quantitative estimate of drug-likeness (QED) is 0.544. The number of hydrogen-bond acceptors (Lipinski definition) is 4. The van der Waals surface area contributed by atoms with Crippen LogP contribution < -0.4 is 20.1 Å². The monoisotopic (exact) mass is 398 g/mol. The number of ether oxygens (including phenoxy) is 2. The van der Waals surface area contributed by atoms with Gasteiger partial charge in [-0.1, -0.05) is 6.07 Å². The Balaban J connectivity index is 1.91. The third-order valence-electron chi connectivity index (χ3n) is 4.77. The number of carbonyl (C=O) groups excluding carboxylic acids is 1. The number of nitrogens with zero attached hydrogens (tertiary/aromatic N) is 2. The Morgan fingerprint density at radius 2 is 2.04 bits per heavy atom. The number of benzene rings is 1. The van der Waals surface area contributed by atoms with Crippen LogP contribution in [0.15, 0.2) is 23.2 Å². The van der Waals surface area contributed by atoms with Crippen LogP contribution in [0.4, 0.5) is 8.78 Å². The number of nitrogens with one attached hydrogen (secondary N) is 2. The maximum Gasteiger partial charge on any atom is 0.387 e. The maximum atomic E-state index is 12.6. The predicted molar refractivity (Wildman–Crippen MR) is 103 cm³/mol. The van der Waals surface area contributed by atoms with Crippen molar-refractivity contribution in [1.82, 2.24) is 15.5 Å². The first-order valence-corrected chi connectivity index (χ1v) is 9.24. The summed E-state index contributed by atoms with van der Waals surface area (Å²) in [6.07, 6.45) is 2.39. The van der Waals surface area contributed by atoms with Crippen molar-refractivity contribution in [3.8, 4) is 11.5 Å². The van der Waals surface area contributed by atoms with E-state index in [-0.39, 0.29) is 17.4 Å². The summed E-state index contributed by atoms with van der Waals surface area (Å²) in [6.45, 7) is -0.886. The van der Waals surface area contributed by atoms with E-state index in [9.17, 15) is 13.6 Å². The van der Waals surface area contributed by atoms with Gasteiger partial charge >= 0.3 is 6.61 Å². The van der Waals surface area contributed by atoms with Crippen LogP contribution in [0.2, 0.25) is 0 Å². The average molecular weight is 398 g/mol. The minimum absolute atomic E-state index is 0.00167. The summed E-state index contributed by atoms with van der Waals surface area (Å²) < 4.78 is 34.7. The number of rotatable bonds is 7. The van der Waals surface area contributed by atoms with Crippen LogP contribution in [0.25, 0.3) is 0 Å². The van der Waals surface area contributed by atoms with Gasteiger partial charge in [-0.05, 0) is 36.5 Å². The highest BCUT2D eigenvalue weighted by molar-refractivity contribution is 5.80. The molecule has 2 rings (SSSR count). The van der Waals surface area contributed by atoms with Crippen molar-refractivity contribution in [2.75, 3.05) is 34.3 Å². The zero-order valence-electron chi connectivity index (χ0n) is 16.5. The molecule has 1 aromatic rings. The summed E-state index contributed by atoms with van der Waals surface area (Å²) in [7, 11) is 4.76. The summed E-state index contributed by atoms with van der Waals surface area (Å²) in [4.78, 5) is 18.0. The molecule has 2 N–H and O–H groups in total. The summed E-state index contributed by atoms with van der Waals surface area (Å²) in [5, 5.41) is 5.92. The molecule has 0 spiro atoms. The summed E-state index contributed by atoms with van der Waals surface area (Å²) in [5.41, 5.74) is 0.770. The van der Waals surface area contributed by atoms with Crippen molar-refractivity contribution in [1.29, 1.82) is 0 Å². The van der Waals surface area contributed by atoms with Gasteiger partial charge in [-0.15, -0.1) is 0 Å². The van der Waals surface area contributed by atoms with Gasteiger partial charge in [0.15, 0.2) is 17.5 Å². The van der Waals surface area contributed by atoms with Crippen LogP contribution in [-0.4, -0.2) is 57.7 Å². The topological polar surface area (TPSA) is 75.2 Å². The van der Waals surface area contributed by atoms with E-state index in [1.54, 1.807) is 26.2 Å². The first kappa shape index (κ1) is 21.7. The fraction of sp³-hybridized carbons (Fsp3) is 0.579. The first-order valence-electron chi connectivity index (χ1n) is 9.24. The van der Waals surface area contributed by atoms with Crippen LogP contribution in [0.3, 0.4) is 0 Å². The number of alkyl halides is 2.